The number of hydrogen-bond acceptors (Lipinski definition) is 24. The third kappa shape index (κ3) is 37.6. The topological polar surface area (TPSA) is 331 Å². The molecule has 0 aromatic heterocycles. The molecule has 656 valence electrons. The summed E-state index contributed by atoms with van der Waals surface area (Å²) >= 11 is 0. The Bertz CT molecular complexity index is 3540. The van der Waals surface area contributed by atoms with E-state index in [4.69, 9.17) is 47.4 Å². The van der Waals surface area contributed by atoms with Crippen LogP contribution in [0.15, 0.2) is 130 Å². The van der Waals surface area contributed by atoms with Crippen LogP contribution < -0.4 is 0 Å². The summed E-state index contributed by atoms with van der Waals surface area (Å²) in [6.45, 7) is 35.0. The zero-order valence-corrected chi connectivity index (χ0v) is 74.0. The summed E-state index contributed by atoms with van der Waals surface area (Å²) in [6, 6.07) is 0. The number of hydrogen-bond donors (Lipinski definition) is 0. The first-order valence-corrected chi connectivity index (χ1v) is 42.4. The number of rotatable bonds is 54. The minimum atomic E-state index is -1.95. The second kappa shape index (κ2) is 55.3. The van der Waals surface area contributed by atoms with E-state index in [9.17, 15) is 67.1 Å². The Hall–Kier alpha value is -9.48. The Kier molecular flexibility index (Phi) is 49.0. The van der Waals surface area contributed by atoms with Crippen molar-refractivity contribution in [1.82, 2.24) is 0 Å². The molecule has 2 aliphatic carbocycles. The molecule has 24 heteroatoms. The Balaban J connectivity index is 2.46. The fraction of sp³-hybridized carbons (Fsp3) is 0.617. The highest BCUT2D eigenvalue weighted by Crippen LogP contribution is 2.46. The van der Waals surface area contributed by atoms with E-state index in [1.54, 1.807) is 83.1 Å². The number of ketones is 4. The van der Waals surface area contributed by atoms with Crippen molar-refractivity contribution < 1.29 is 114 Å². The molecule has 24 nitrogen and oxygen atoms in total. The van der Waals surface area contributed by atoms with Gasteiger partial charge in [0.1, 0.15) is 13.2 Å². The predicted octanol–water partition coefficient (Wildman–Crippen LogP) is 17.7. The smallest absolute Gasteiger partial charge is 0.306 e. The van der Waals surface area contributed by atoms with E-state index in [2.05, 4.69) is 0 Å². The minimum Gasteiger partial charge on any atom is -0.462 e. The summed E-state index contributed by atoms with van der Waals surface area (Å²) in [4.78, 5) is 192. The van der Waals surface area contributed by atoms with Crippen LogP contribution in [-0.2, 0) is 114 Å². The lowest BCUT2D eigenvalue weighted by molar-refractivity contribution is -0.206. The summed E-state index contributed by atoms with van der Waals surface area (Å²) in [5, 5.41) is 0. The summed E-state index contributed by atoms with van der Waals surface area (Å²) < 4.78 is 58.3. The van der Waals surface area contributed by atoms with Crippen LogP contribution in [0.2, 0.25) is 0 Å². The molecule has 0 fully saturated rings. The Labute approximate surface area is 700 Å². The molecule has 0 amide bonds. The summed E-state index contributed by atoms with van der Waals surface area (Å²) in [5.74, 6) is -11.9. The fourth-order valence-corrected chi connectivity index (χ4v) is 13.6. The highest BCUT2D eigenvalue weighted by Gasteiger charge is 2.52. The third-order valence-corrected chi connectivity index (χ3v) is 19.6. The number of ether oxygens (including phenoxy) is 10. The van der Waals surface area contributed by atoms with Crippen molar-refractivity contribution in [1.29, 1.82) is 0 Å². The fourth-order valence-electron chi connectivity index (χ4n) is 13.6. The molecule has 2 unspecified atom stereocenters. The van der Waals surface area contributed by atoms with Gasteiger partial charge in [0.05, 0.1) is 0 Å². The van der Waals surface area contributed by atoms with Gasteiger partial charge in [-0.05, 0) is 152 Å². The van der Waals surface area contributed by atoms with Gasteiger partial charge >= 0.3 is 59.7 Å². The average Bonchev–Trinajstić information content (AvgIpc) is 0.781. The molecular weight excluding hydrogens is 1510 g/mol. The van der Waals surface area contributed by atoms with E-state index in [-0.39, 0.29) is 88.6 Å². The highest BCUT2D eigenvalue weighted by molar-refractivity contribution is 6.03. The van der Waals surface area contributed by atoms with Gasteiger partial charge in [-0.25, -0.2) is 0 Å². The molecule has 0 aliphatic heterocycles. The van der Waals surface area contributed by atoms with Crippen molar-refractivity contribution in [3.63, 3.8) is 0 Å². The normalized spacial score (nSPS) is 18.2. The molecule has 0 bridgehead atoms. The predicted molar refractivity (Wildman–Crippen MR) is 449 cm³/mol. The van der Waals surface area contributed by atoms with Crippen LogP contribution in [0.3, 0.4) is 0 Å². The van der Waals surface area contributed by atoms with Gasteiger partial charge in [0, 0.05) is 88.9 Å². The maximum atomic E-state index is 15.0. The van der Waals surface area contributed by atoms with E-state index in [1.165, 1.54) is 0 Å². The van der Waals surface area contributed by atoms with Gasteiger partial charge in [-0.2, -0.15) is 0 Å². The largest absolute Gasteiger partial charge is 0.462 e. The zero-order chi connectivity index (χ0) is 88.8. The lowest BCUT2D eigenvalue weighted by Crippen LogP contribution is -2.56. The molecular formula is C94H136O24. The van der Waals surface area contributed by atoms with Crippen molar-refractivity contribution in [2.24, 2.45) is 22.7 Å². The molecule has 0 spiro atoms. The molecule has 10 atom stereocenters. The van der Waals surface area contributed by atoms with Crippen molar-refractivity contribution in [2.75, 3.05) is 13.2 Å². The molecule has 0 radical (unpaired) electrons. The van der Waals surface area contributed by atoms with E-state index in [0.717, 1.165) is 33.4 Å². The number of carbonyl (C=O) groups is 14. The van der Waals surface area contributed by atoms with Gasteiger partial charge in [-0.15, -0.1) is 0 Å². The average molecular weight is 1650 g/mol. The molecule has 0 aromatic rings. The Morgan fingerprint density at radius 1 is 0.331 bits per heavy atom. The number of esters is 10. The van der Waals surface area contributed by atoms with Crippen molar-refractivity contribution >= 4 is 82.8 Å². The SMILES string of the molecule is CCCC(=O)OC[C@@H](OC(=O)CCC)[C@@H](OC(=O)CCC)[C@H](OC(=O)CCC)[C@@H](OC(=O)CCC)C(=O)CC1CC(C)(C)C(/C=C/C(C)=C/C=C/C(C)=C/C=C/C=C(C)/C=C/C=C(C)/C=C/C2=C(C)C(=O)C(CC(=O)[C@H](OC(=O)CCC)[C@@H](OC(=O)CCC)[C@H](OC(=O)CCC)[C@@H](COC(=O)CCC)OC(=O)CCC)CC2(C)C)=C(C)C1=O. The van der Waals surface area contributed by atoms with E-state index in [0.29, 0.717) is 75.4 Å². The molecule has 0 heterocycles. The van der Waals surface area contributed by atoms with Crippen molar-refractivity contribution in [2.45, 2.75) is 341 Å². The van der Waals surface area contributed by atoms with Gasteiger partial charge in [-0.3, -0.25) is 67.1 Å². The summed E-state index contributed by atoms with van der Waals surface area (Å²) in [5.41, 5.74) is 4.70. The van der Waals surface area contributed by atoms with Crippen molar-refractivity contribution in [3.8, 4) is 0 Å². The van der Waals surface area contributed by atoms with Gasteiger partial charge < -0.3 is 47.4 Å². The van der Waals surface area contributed by atoms with Gasteiger partial charge in [0.25, 0.3) is 0 Å². The zero-order valence-electron chi connectivity index (χ0n) is 74.0. The number of allylic oxidation sites excluding steroid dienone is 22. The molecule has 118 heavy (non-hydrogen) atoms. The maximum Gasteiger partial charge on any atom is 0.306 e. The van der Waals surface area contributed by atoms with Crippen LogP contribution in [0.25, 0.3) is 0 Å². The van der Waals surface area contributed by atoms with Crippen LogP contribution in [0.5, 0.6) is 0 Å². The second-order valence-corrected chi connectivity index (χ2v) is 31.7. The molecule has 0 aromatic carbocycles. The monoisotopic (exact) mass is 1650 g/mol. The minimum absolute atomic E-state index is 0.00690. The van der Waals surface area contributed by atoms with Gasteiger partial charge in [-0.1, -0.05) is 204 Å². The van der Waals surface area contributed by atoms with Crippen LogP contribution in [-0.4, -0.2) is 145 Å². The van der Waals surface area contributed by atoms with E-state index >= 15 is 0 Å². The molecule has 0 N–H and O–H groups in total. The van der Waals surface area contributed by atoms with Crippen LogP contribution in [0.1, 0.15) is 293 Å². The first-order valence-electron chi connectivity index (χ1n) is 42.4. The van der Waals surface area contributed by atoms with Crippen LogP contribution >= 0.6 is 0 Å². The maximum absolute atomic E-state index is 15.0. The first-order chi connectivity index (χ1) is 55.8. The summed E-state index contributed by atoms with van der Waals surface area (Å²) in [7, 11) is 0. The third-order valence-electron chi connectivity index (χ3n) is 19.6. The van der Waals surface area contributed by atoms with Gasteiger partial charge in [0.15, 0.2) is 59.8 Å². The Morgan fingerprint density at radius 3 is 0.847 bits per heavy atom. The van der Waals surface area contributed by atoms with E-state index < -0.39 is 169 Å². The lowest BCUT2D eigenvalue weighted by Gasteiger charge is -2.38. The quantitative estimate of drug-likeness (QED) is 0.0310. The highest BCUT2D eigenvalue weighted by atomic mass is 16.7. The first kappa shape index (κ1) is 105. The molecule has 0 saturated carbocycles. The van der Waals surface area contributed by atoms with Crippen LogP contribution in [0.4, 0.5) is 0 Å². The second-order valence-electron chi connectivity index (χ2n) is 31.7. The molecule has 2 rings (SSSR count). The van der Waals surface area contributed by atoms with Crippen molar-refractivity contribution in [3.05, 3.63) is 130 Å². The number of Topliss-reactive ketones (excluding diaryl/α,β-unsaturated/α-hetero) is 4. The van der Waals surface area contributed by atoms with Gasteiger partial charge in [0.2, 0.25) is 12.2 Å². The molecule has 2 aliphatic rings. The number of carbonyl (C=O) groups excluding carboxylic acids is 14. The van der Waals surface area contributed by atoms with E-state index in [1.807, 2.05) is 140 Å². The van der Waals surface area contributed by atoms with Crippen LogP contribution in [0, 0.1) is 22.7 Å². The Morgan fingerprint density at radius 2 is 0.568 bits per heavy atom. The summed E-state index contributed by atoms with van der Waals surface area (Å²) in [6.07, 6.45) is 14.3. The standard InChI is InChI=1S/C94H136O24/c1-21-35-75(97)109-59-73(111-77(99)37-23-3)89(115-81(103)41-27-7)91(117-83(105)43-29-9)87(113-79(101)39-25-5)71(95)55-67-57-93(17,18)69(65(15)85(67)107)53-51-63(13)49-33-47-61(11)45-31-32-46-62(12)48-34-50-64(14)52-54-70-66(16)86(108)68(58-94(70,19)20)56-72(96)88(114-80(102)40-26-6)92(118-84(106)44-30-10)90(116-82(104)42-28-8)74(112-78(100)38-24-4)60-110-76(98)36-22-2/h31-34,45-54,67-68,73-74,87-92H,21-30,35-44,55-60H2,1-20H3/b32-31+,47-33+,48-34+,53-51+,54-52+,61-45+,62-46+,63-49+,64-50+/t67?,68?,73-,74-,87+,88+,89-,90-,91-,92-/m1/s1. The lowest BCUT2D eigenvalue weighted by atomic mass is 9.66. The molecule has 0 saturated heterocycles.